The maximum Gasteiger partial charge on any atom is 0.141 e. The smallest absolute Gasteiger partial charge is 0.141 e. The van der Waals surface area contributed by atoms with E-state index >= 15 is 0 Å². The van der Waals surface area contributed by atoms with Gasteiger partial charge in [-0.15, -0.1) is 0 Å². The number of hydrogen-bond acceptors (Lipinski definition) is 2. The quantitative estimate of drug-likeness (QED) is 0.700. The number of hydrogen-bond donors (Lipinski definition) is 0. The molecule has 2 rings (SSSR count). The molecule has 0 saturated carbocycles. The highest BCUT2D eigenvalue weighted by Gasteiger charge is 2.08. The van der Waals surface area contributed by atoms with Gasteiger partial charge in [-0.1, -0.05) is 23.2 Å². The van der Waals surface area contributed by atoms with Gasteiger partial charge in [-0.2, -0.15) is 5.26 Å². The normalized spacial score (nSPS) is 10.3. The predicted octanol–water partition coefficient (Wildman–Crippen LogP) is 3.72. The molecule has 0 saturated heterocycles. The first-order valence-electron chi connectivity index (χ1n) is 4.29. The standard InChI is InChI=1S/C11H6Cl2N2/c1-6-9(12)4-10-8(11(6)13)3-2-7(5-14)15-10/h2-4H,1H3. The molecule has 0 N–H and O–H groups in total. The molecule has 0 aliphatic carbocycles. The number of aromatic nitrogens is 1. The minimum atomic E-state index is 0.360. The fourth-order valence-corrected chi connectivity index (χ4v) is 1.88. The number of fused-ring (bicyclic) bond motifs is 1. The number of pyridine rings is 1. The van der Waals surface area contributed by atoms with E-state index in [-0.39, 0.29) is 0 Å². The van der Waals surface area contributed by atoms with Crippen LogP contribution in [0.5, 0.6) is 0 Å². The second-order valence-electron chi connectivity index (χ2n) is 3.17. The highest BCUT2D eigenvalue weighted by molar-refractivity contribution is 6.39. The topological polar surface area (TPSA) is 36.7 Å². The average Bonchev–Trinajstić information content (AvgIpc) is 2.25. The van der Waals surface area contributed by atoms with E-state index in [1.54, 1.807) is 18.2 Å². The molecule has 0 unspecified atom stereocenters. The lowest BCUT2D eigenvalue weighted by Crippen LogP contribution is -1.87. The Kier molecular flexibility index (Phi) is 2.52. The van der Waals surface area contributed by atoms with Gasteiger partial charge < -0.3 is 0 Å². The summed E-state index contributed by atoms with van der Waals surface area (Å²) in [5.41, 5.74) is 1.84. The van der Waals surface area contributed by atoms with Gasteiger partial charge in [0.1, 0.15) is 11.8 Å². The van der Waals surface area contributed by atoms with Crippen LogP contribution in [0.3, 0.4) is 0 Å². The van der Waals surface area contributed by atoms with E-state index in [9.17, 15) is 0 Å². The molecule has 15 heavy (non-hydrogen) atoms. The lowest BCUT2D eigenvalue weighted by atomic mass is 10.1. The van der Waals surface area contributed by atoms with Gasteiger partial charge in [0.25, 0.3) is 0 Å². The minimum Gasteiger partial charge on any atom is -0.237 e. The fraction of sp³-hybridized carbons (Fsp3) is 0.0909. The van der Waals surface area contributed by atoms with Crippen LogP contribution in [0.25, 0.3) is 10.9 Å². The zero-order valence-electron chi connectivity index (χ0n) is 7.88. The lowest BCUT2D eigenvalue weighted by Gasteiger charge is -2.05. The van der Waals surface area contributed by atoms with Crippen LogP contribution in [0.15, 0.2) is 18.2 Å². The molecule has 0 aliphatic heterocycles. The average molecular weight is 237 g/mol. The summed E-state index contributed by atoms with van der Waals surface area (Å²) in [6, 6.07) is 7.12. The van der Waals surface area contributed by atoms with Crippen molar-refractivity contribution in [2.24, 2.45) is 0 Å². The van der Waals surface area contributed by atoms with Crippen LogP contribution in [-0.4, -0.2) is 4.98 Å². The summed E-state index contributed by atoms with van der Waals surface area (Å²) in [6.45, 7) is 1.85. The molecule has 74 valence electrons. The van der Waals surface area contributed by atoms with E-state index in [2.05, 4.69) is 4.98 Å². The zero-order chi connectivity index (χ0) is 11.0. The van der Waals surface area contributed by atoms with E-state index in [4.69, 9.17) is 28.5 Å². The van der Waals surface area contributed by atoms with Crippen molar-refractivity contribution in [1.29, 1.82) is 5.26 Å². The molecular weight excluding hydrogens is 231 g/mol. The first-order valence-corrected chi connectivity index (χ1v) is 5.04. The third kappa shape index (κ3) is 1.65. The number of nitrogens with zero attached hydrogens (tertiary/aromatic N) is 2. The zero-order valence-corrected chi connectivity index (χ0v) is 9.39. The summed E-state index contributed by atoms with van der Waals surface area (Å²) >= 11 is 12.1. The van der Waals surface area contributed by atoms with Crippen molar-refractivity contribution in [2.75, 3.05) is 0 Å². The molecule has 0 fully saturated rings. The molecule has 1 heterocycles. The molecule has 0 spiro atoms. The third-order valence-corrected chi connectivity index (χ3v) is 3.11. The molecule has 0 aliphatic rings. The van der Waals surface area contributed by atoms with Crippen molar-refractivity contribution in [3.05, 3.63) is 39.5 Å². The Labute approximate surface area is 97.1 Å². The Morgan fingerprint density at radius 2 is 2.07 bits per heavy atom. The summed E-state index contributed by atoms with van der Waals surface area (Å²) in [7, 11) is 0. The van der Waals surface area contributed by atoms with Gasteiger partial charge in [0.2, 0.25) is 0 Å². The molecule has 0 radical (unpaired) electrons. The van der Waals surface area contributed by atoms with E-state index in [1.165, 1.54) is 0 Å². The molecule has 4 heteroatoms. The maximum absolute atomic E-state index is 8.71. The van der Waals surface area contributed by atoms with Crippen LogP contribution in [-0.2, 0) is 0 Å². The van der Waals surface area contributed by atoms with Crippen LogP contribution in [0.1, 0.15) is 11.3 Å². The summed E-state index contributed by atoms with van der Waals surface area (Å²) in [5, 5.41) is 10.7. The summed E-state index contributed by atoms with van der Waals surface area (Å²) in [4.78, 5) is 4.13. The van der Waals surface area contributed by atoms with Crippen LogP contribution >= 0.6 is 23.2 Å². The predicted molar refractivity (Wildman–Crippen MR) is 61.2 cm³/mol. The minimum absolute atomic E-state index is 0.360. The Morgan fingerprint density at radius 1 is 1.33 bits per heavy atom. The molecule has 0 atom stereocenters. The summed E-state index contributed by atoms with van der Waals surface area (Å²) < 4.78 is 0. The van der Waals surface area contributed by atoms with Crippen molar-refractivity contribution < 1.29 is 0 Å². The van der Waals surface area contributed by atoms with Gasteiger partial charge in [-0.25, -0.2) is 4.98 Å². The van der Waals surface area contributed by atoms with E-state index in [0.717, 1.165) is 10.9 Å². The number of nitriles is 1. The van der Waals surface area contributed by atoms with Gasteiger partial charge in [0.05, 0.1) is 10.5 Å². The van der Waals surface area contributed by atoms with E-state index in [1.807, 2.05) is 13.0 Å². The molecule has 0 amide bonds. The molecule has 2 nitrogen and oxygen atoms in total. The van der Waals surface area contributed by atoms with Crippen molar-refractivity contribution in [3.63, 3.8) is 0 Å². The Bertz CT molecular complexity index is 585. The number of halogens is 2. The Balaban J connectivity index is 2.87. The van der Waals surface area contributed by atoms with Crippen LogP contribution in [0, 0.1) is 18.3 Å². The molecule has 1 aromatic heterocycles. The van der Waals surface area contributed by atoms with Crippen molar-refractivity contribution in [1.82, 2.24) is 4.98 Å². The molecule has 1 aromatic carbocycles. The second kappa shape index (κ2) is 3.69. The van der Waals surface area contributed by atoms with E-state index in [0.29, 0.717) is 21.3 Å². The molecular formula is C11H6Cl2N2. The second-order valence-corrected chi connectivity index (χ2v) is 3.96. The highest BCUT2D eigenvalue weighted by atomic mass is 35.5. The van der Waals surface area contributed by atoms with Gasteiger partial charge in [-0.3, -0.25) is 0 Å². The van der Waals surface area contributed by atoms with Gasteiger partial charge in [-0.05, 0) is 30.7 Å². The summed E-state index contributed by atoms with van der Waals surface area (Å²) in [6.07, 6.45) is 0. The number of rotatable bonds is 0. The summed E-state index contributed by atoms with van der Waals surface area (Å²) in [5.74, 6) is 0. The van der Waals surface area contributed by atoms with Gasteiger partial charge in [0, 0.05) is 10.4 Å². The van der Waals surface area contributed by atoms with Crippen LogP contribution in [0.2, 0.25) is 10.0 Å². The first-order chi connectivity index (χ1) is 7.13. The Morgan fingerprint density at radius 3 is 2.73 bits per heavy atom. The van der Waals surface area contributed by atoms with Crippen molar-refractivity contribution in [2.45, 2.75) is 6.92 Å². The largest absolute Gasteiger partial charge is 0.237 e. The van der Waals surface area contributed by atoms with E-state index < -0.39 is 0 Å². The lowest BCUT2D eigenvalue weighted by molar-refractivity contribution is 1.32. The molecule has 0 bridgehead atoms. The number of benzene rings is 1. The molecule has 2 aromatic rings. The fourth-order valence-electron chi connectivity index (χ4n) is 1.37. The maximum atomic E-state index is 8.71. The van der Waals surface area contributed by atoms with Crippen molar-refractivity contribution in [3.8, 4) is 6.07 Å². The van der Waals surface area contributed by atoms with Gasteiger partial charge in [0.15, 0.2) is 0 Å². The monoisotopic (exact) mass is 236 g/mol. The first kappa shape index (κ1) is 10.2. The highest BCUT2D eigenvalue weighted by Crippen LogP contribution is 2.31. The van der Waals surface area contributed by atoms with Crippen LogP contribution < -0.4 is 0 Å². The van der Waals surface area contributed by atoms with Crippen molar-refractivity contribution >= 4 is 34.1 Å². The van der Waals surface area contributed by atoms with Crippen LogP contribution in [0.4, 0.5) is 0 Å². The van der Waals surface area contributed by atoms with Gasteiger partial charge >= 0.3 is 0 Å². The Hall–Kier alpha value is -1.30. The SMILES string of the molecule is Cc1c(Cl)cc2nc(C#N)ccc2c1Cl. The third-order valence-electron chi connectivity index (χ3n) is 2.23.